The molecular weight excluding hydrogens is 336 g/mol. The second kappa shape index (κ2) is 5.89. The van der Waals surface area contributed by atoms with E-state index in [1.807, 2.05) is 0 Å². The molecule has 5 rings (SSSR count). The minimum atomic E-state index is -0.874. The van der Waals surface area contributed by atoms with Crippen LogP contribution in [0.2, 0.25) is 0 Å². The van der Waals surface area contributed by atoms with Crippen LogP contribution in [0.3, 0.4) is 0 Å². The lowest BCUT2D eigenvalue weighted by atomic mass is 9.43. The Morgan fingerprint density at radius 1 is 1.00 bits per heavy atom. The topological polar surface area (TPSA) is 54.4 Å². The number of fused-ring (bicyclic) bond motifs is 5. The number of hydrogen-bond acceptors (Lipinski definition) is 3. The van der Waals surface area contributed by atoms with Gasteiger partial charge in [-0.2, -0.15) is 0 Å². The Morgan fingerprint density at radius 3 is 2.56 bits per heavy atom. The molecule has 0 radical (unpaired) electrons. The molecule has 0 heterocycles. The Morgan fingerprint density at radius 2 is 1.81 bits per heavy atom. The van der Waals surface area contributed by atoms with Crippen molar-refractivity contribution in [1.29, 1.82) is 0 Å². The lowest BCUT2D eigenvalue weighted by Gasteiger charge is -2.60. The summed E-state index contributed by atoms with van der Waals surface area (Å²) >= 11 is 0. The molecule has 146 valence electrons. The molecule has 0 aromatic carbocycles. The molecule has 0 spiro atoms. The third-order valence-corrected chi connectivity index (χ3v) is 9.41. The minimum absolute atomic E-state index is 0.0336. The highest BCUT2D eigenvalue weighted by Gasteiger charge is 2.65. The maximum absolute atomic E-state index is 13.3. The first-order valence-corrected chi connectivity index (χ1v) is 11.0. The van der Waals surface area contributed by atoms with Gasteiger partial charge in [0.1, 0.15) is 11.9 Å². The van der Waals surface area contributed by atoms with E-state index in [4.69, 9.17) is 0 Å². The average Bonchev–Trinajstić information content (AvgIpc) is 3.24. The molecule has 3 nitrogen and oxygen atoms in total. The second-order valence-corrected chi connectivity index (χ2v) is 10.4. The van der Waals surface area contributed by atoms with Crippen LogP contribution in [0.5, 0.6) is 0 Å². The molecule has 0 bridgehead atoms. The number of Topliss-reactive ketones (excluding diaryl/α,β-unsaturated/α-hetero) is 2. The molecule has 0 aromatic heterocycles. The van der Waals surface area contributed by atoms with Crippen LogP contribution in [0, 0.1) is 40.4 Å². The van der Waals surface area contributed by atoms with Gasteiger partial charge in [0.25, 0.3) is 0 Å². The Bertz CT molecular complexity index is 749. The van der Waals surface area contributed by atoms with Gasteiger partial charge in [-0.3, -0.25) is 9.59 Å². The summed E-state index contributed by atoms with van der Waals surface area (Å²) < 4.78 is 0. The standard InChI is InChI=1S/C24H32O3/c1-23-11-10-17-21(18(23)13-20(26)22(23)27)19(25)12-15-8-5-9-16(24(15,17)2)14-6-3-4-7-14/h3,6,9,14-15,17-18,21-22,27H,4-5,7-8,10-13H2,1-2H3/t14?,15?,17-,18+,21-,22?,23+,24-/m1/s1. The molecule has 0 aliphatic heterocycles. The van der Waals surface area contributed by atoms with Crippen molar-refractivity contribution in [3.8, 4) is 0 Å². The maximum atomic E-state index is 13.3. The summed E-state index contributed by atoms with van der Waals surface area (Å²) in [5.41, 5.74) is 1.26. The molecule has 27 heavy (non-hydrogen) atoms. The fourth-order valence-electron chi connectivity index (χ4n) is 7.89. The fraction of sp³-hybridized carbons (Fsp3) is 0.750. The van der Waals surface area contributed by atoms with E-state index in [0.717, 1.165) is 32.1 Å². The van der Waals surface area contributed by atoms with Crippen molar-refractivity contribution in [3.05, 3.63) is 23.8 Å². The number of carbonyl (C=O) groups is 2. The lowest BCUT2D eigenvalue weighted by Crippen LogP contribution is -2.57. The number of hydrogen-bond donors (Lipinski definition) is 1. The zero-order valence-corrected chi connectivity index (χ0v) is 16.6. The maximum Gasteiger partial charge on any atom is 0.162 e. The van der Waals surface area contributed by atoms with Crippen molar-refractivity contribution in [2.75, 3.05) is 0 Å². The molecular formula is C24H32O3. The molecule has 3 saturated carbocycles. The van der Waals surface area contributed by atoms with Crippen LogP contribution in [0.25, 0.3) is 0 Å². The normalized spacial score (nSPS) is 51.6. The highest BCUT2D eigenvalue weighted by molar-refractivity contribution is 5.90. The average molecular weight is 369 g/mol. The van der Waals surface area contributed by atoms with E-state index >= 15 is 0 Å². The predicted octanol–water partition coefficient (Wildman–Crippen LogP) is 4.25. The molecule has 1 N–H and O–H groups in total. The van der Waals surface area contributed by atoms with Crippen molar-refractivity contribution in [1.82, 2.24) is 0 Å². The van der Waals surface area contributed by atoms with E-state index in [-0.39, 0.29) is 23.0 Å². The number of aliphatic hydroxyl groups is 1. The number of aliphatic hydroxyl groups excluding tert-OH is 1. The van der Waals surface area contributed by atoms with Crippen molar-refractivity contribution < 1.29 is 14.7 Å². The van der Waals surface area contributed by atoms with Gasteiger partial charge in [-0.1, -0.05) is 37.6 Å². The van der Waals surface area contributed by atoms with Crippen LogP contribution in [-0.4, -0.2) is 22.8 Å². The van der Waals surface area contributed by atoms with E-state index in [2.05, 4.69) is 32.1 Å². The molecule has 0 aromatic rings. The second-order valence-electron chi connectivity index (χ2n) is 10.4. The number of carbonyl (C=O) groups excluding carboxylic acids is 2. The fourth-order valence-corrected chi connectivity index (χ4v) is 7.89. The Hall–Kier alpha value is -1.22. The van der Waals surface area contributed by atoms with Gasteiger partial charge in [0, 0.05) is 24.2 Å². The molecule has 0 saturated heterocycles. The Labute approximate surface area is 162 Å². The SMILES string of the molecule is C[C@]12C(C3C=CCC3)=CCCC1CC(=O)[C@@H]1[C@H]2CC[C@]2(C)C(O)C(=O)C[C@@H]12. The third-order valence-electron chi connectivity index (χ3n) is 9.41. The van der Waals surface area contributed by atoms with Crippen molar-refractivity contribution in [2.45, 2.75) is 71.3 Å². The van der Waals surface area contributed by atoms with Gasteiger partial charge in [-0.25, -0.2) is 0 Å². The van der Waals surface area contributed by atoms with E-state index in [9.17, 15) is 14.7 Å². The summed E-state index contributed by atoms with van der Waals surface area (Å²) in [6.07, 6.45) is 13.8. The molecule has 5 aliphatic carbocycles. The van der Waals surface area contributed by atoms with E-state index < -0.39 is 11.5 Å². The summed E-state index contributed by atoms with van der Waals surface area (Å²) in [7, 11) is 0. The van der Waals surface area contributed by atoms with Gasteiger partial charge in [0.15, 0.2) is 5.78 Å². The highest BCUT2D eigenvalue weighted by atomic mass is 16.3. The van der Waals surface area contributed by atoms with Crippen LogP contribution >= 0.6 is 0 Å². The molecule has 3 fully saturated rings. The van der Waals surface area contributed by atoms with Gasteiger partial charge >= 0.3 is 0 Å². The first-order valence-electron chi connectivity index (χ1n) is 11.0. The van der Waals surface area contributed by atoms with E-state index in [0.29, 0.717) is 36.4 Å². The number of rotatable bonds is 1. The zero-order valence-electron chi connectivity index (χ0n) is 16.6. The van der Waals surface area contributed by atoms with Crippen LogP contribution in [0.4, 0.5) is 0 Å². The molecule has 3 heteroatoms. The van der Waals surface area contributed by atoms with Crippen LogP contribution in [0.1, 0.15) is 65.2 Å². The van der Waals surface area contributed by atoms with Crippen molar-refractivity contribution in [3.63, 3.8) is 0 Å². The first kappa shape index (κ1) is 17.8. The van der Waals surface area contributed by atoms with Crippen molar-refractivity contribution >= 4 is 11.6 Å². The van der Waals surface area contributed by atoms with Crippen LogP contribution < -0.4 is 0 Å². The Balaban J connectivity index is 1.57. The molecule has 8 atom stereocenters. The van der Waals surface area contributed by atoms with Crippen LogP contribution in [0.15, 0.2) is 23.8 Å². The molecule has 0 amide bonds. The largest absolute Gasteiger partial charge is 0.385 e. The summed E-state index contributed by atoms with van der Waals surface area (Å²) in [5, 5.41) is 10.6. The summed E-state index contributed by atoms with van der Waals surface area (Å²) in [6.45, 7) is 4.50. The van der Waals surface area contributed by atoms with Gasteiger partial charge < -0.3 is 5.11 Å². The summed E-state index contributed by atoms with van der Waals surface area (Å²) in [6, 6.07) is 0. The van der Waals surface area contributed by atoms with Gasteiger partial charge in [0.2, 0.25) is 0 Å². The lowest BCUT2D eigenvalue weighted by molar-refractivity contribution is -0.152. The van der Waals surface area contributed by atoms with E-state index in [1.54, 1.807) is 5.57 Å². The minimum Gasteiger partial charge on any atom is -0.385 e. The predicted molar refractivity (Wildman–Crippen MR) is 104 cm³/mol. The van der Waals surface area contributed by atoms with E-state index in [1.165, 1.54) is 6.42 Å². The van der Waals surface area contributed by atoms with Gasteiger partial charge in [-0.15, -0.1) is 0 Å². The van der Waals surface area contributed by atoms with Gasteiger partial charge in [0.05, 0.1) is 0 Å². The number of ketones is 2. The molecule has 5 aliphatic rings. The summed E-state index contributed by atoms with van der Waals surface area (Å²) in [4.78, 5) is 25.7. The zero-order chi connectivity index (χ0) is 19.0. The first-order chi connectivity index (χ1) is 12.9. The molecule has 3 unspecified atom stereocenters. The monoisotopic (exact) mass is 368 g/mol. The Kier molecular flexibility index (Phi) is 3.89. The summed E-state index contributed by atoms with van der Waals surface area (Å²) in [5.74, 6) is 1.65. The smallest absolute Gasteiger partial charge is 0.162 e. The highest BCUT2D eigenvalue weighted by Crippen LogP contribution is 2.66. The number of allylic oxidation sites excluding steroid dienone is 4. The van der Waals surface area contributed by atoms with Crippen molar-refractivity contribution in [2.24, 2.45) is 40.4 Å². The third kappa shape index (κ3) is 2.24. The van der Waals surface area contributed by atoms with Crippen LogP contribution in [-0.2, 0) is 9.59 Å². The van der Waals surface area contributed by atoms with Gasteiger partial charge in [-0.05, 0) is 67.6 Å². The quantitative estimate of drug-likeness (QED) is 0.704.